The van der Waals surface area contributed by atoms with E-state index in [4.69, 9.17) is 9.47 Å². The van der Waals surface area contributed by atoms with Crippen molar-refractivity contribution in [1.29, 1.82) is 0 Å². The van der Waals surface area contributed by atoms with Gasteiger partial charge >= 0.3 is 0 Å². The molecule has 0 radical (unpaired) electrons. The molecule has 2 atom stereocenters. The summed E-state index contributed by atoms with van der Waals surface area (Å²) in [4.78, 5) is 27.5. The SMILES string of the molecule is CCCCCNC(=O)C1CSC(c2ccc(OC)c(OC)c2)N1C(=O)C(C)C. The number of unbranched alkanes of at least 4 members (excludes halogenated alkanes) is 2. The van der Waals surface area contributed by atoms with Crippen molar-refractivity contribution in [3.05, 3.63) is 23.8 Å². The Morgan fingerprint density at radius 3 is 2.54 bits per heavy atom. The molecule has 2 rings (SSSR count). The van der Waals surface area contributed by atoms with E-state index in [9.17, 15) is 9.59 Å². The van der Waals surface area contributed by atoms with Crippen molar-refractivity contribution in [2.75, 3.05) is 26.5 Å². The molecule has 1 fully saturated rings. The number of methoxy groups -OCH3 is 2. The molecule has 156 valence electrons. The van der Waals surface area contributed by atoms with Crippen molar-refractivity contribution in [1.82, 2.24) is 10.2 Å². The van der Waals surface area contributed by atoms with E-state index in [-0.39, 0.29) is 23.1 Å². The molecule has 0 spiro atoms. The molecule has 1 aromatic carbocycles. The number of hydrogen-bond acceptors (Lipinski definition) is 5. The highest BCUT2D eigenvalue weighted by Gasteiger charge is 2.42. The Balaban J connectivity index is 2.24. The number of carbonyl (C=O) groups excluding carboxylic acids is 2. The van der Waals surface area contributed by atoms with Crippen molar-refractivity contribution in [3.63, 3.8) is 0 Å². The second-order valence-corrected chi connectivity index (χ2v) is 8.33. The molecule has 1 aliphatic rings. The normalized spacial score (nSPS) is 19.0. The van der Waals surface area contributed by atoms with Crippen LogP contribution in [0.4, 0.5) is 0 Å². The Bertz CT molecular complexity index is 680. The largest absolute Gasteiger partial charge is 0.493 e. The van der Waals surface area contributed by atoms with Crippen LogP contribution in [0.25, 0.3) is 0 Å². The molecule has 1 saturated heterocycles. The fourth-order valence-electron chi connectivity index (χ4n) is 3.24. The Kier molecular flexibility index (Phi) is 8.48. The van der Waals surface area contributed by atoms with E-state index in [1.165, 1.54) is 0 Å². The molecule has 2 amide bonds. The number of ether oxygens (including phenoxy) is 2. The first-order valence-electron chi connectivity index (χ1n) is 9.88. The van der Waals surface area contributed by atoms with Crippen molar-refractivity contribution < 1.29 is 19.1 Å². The van der Waals surface area contributed by atoms with Crippen molar-refractivity contribution in [2.24, 2.45) is 5.92 Å². The standard InChI is InChI=1S/C21H32N2O4S/c1-6-7-8-11-22-19(24)16-13-28-21(23(16)20(25)14(2)3)15-9-10-17(26-4)18(12-15)27-5/h9-10,12,14,16,21H,6-8,11,13H2,1-5H3,(H,22,24). The van der Waals surface area contributed by atoms with Gasteiger partial charge in [-0.2, -0.15) is 0 Å². The molecule has 28 heavy (non-hydrogen) atoms. The summed E-state index contributed by atoms with van der Waals surface area (Å²) in [5.74, 6) is 1.57. The third-order valence-corrected chi connectivity index (χ3v) is 6.15. The first-order valence-corrected chi connectivity index (χ1v) is 10.9. The maximum Gasteiger partial charge on any atom is 0.243 e. The van der Waals surface area contributed by atoms with Crippen LogP contribution in [0.5, 0.6) is 11.5 Å². The highest BCUT2D eigenvalue weighted by atomic mass is 32.2. The molecule has 1 aliphatic heterocycles. The van der Waals surface area contributed by atoms with Crippen LogP contribution in [0.2, 0.25) is 0 Å². The van der Waals surface area contributed by atoms with E-state index in [1.807, 2.05) is 32.0 Å². The van der Waals surface area contributed by atoms with Crippen LogP contribution < -0.4 is 14.8 Å². The van der Waals surface area contributed by atoms with Gasteiger partial charge < -0.3 is 19.7 Å². The summed E-state index contributed by atoms with van der Waals surface area (Å²) >= 11 is 1.61. The summed E-state index contributed by atoms with van der Waals surface area (Å²) < 4.78 is 10.7. The van der Waals surface area contributed by atoms with Gasteiger partial charge in [-0.15, -0.1) is 11.8 Å². The average Bonchev–Trinajstić information content (AvgIpc) is 3.14. The molecule has 0 aromatic heterocycles. The number of thioether (sulfide) groups is 1. The number of benzene rings is 1. The van der Waals surface area contributed by atoms with Gasteiger partial charge in [-0.1, -0.05) is 39.7 Å². The summed E-state index contributed by atoms with van der Waals surface area (Å²) in [6.45, 7) is 6.52. The van der Waals surface area contributed by atoms with Crippen LogP contribution in [0, 0.1) is 5.92 Å². The van der Waals surface area contributed by atoms with Crippen LogP contribution in [0.1, 0.15) is 51.0 Å². The first kappa shape index (κ1) is 22.4. The Morgan fingerprint density at radius 2 is 1.93 bits per heavy atom. The smallest absolute Gasteiger partial charge is 0.243 e. The predicted octanol–water partition coefficient (Wildman–Crippen LogP) is 3.61. The minimum atomic E-state index is -0.459. The Morgan fingerprint density at radius 1 is 1.21 bits per heavy atom. The van der Waals surface area contributed by atoms with Gasteiger partial charge in [-0.3, -0.25) is 9.59 Å². The van der Waals surface area contributed by atoms with E-state index in [0.29, 0.717) is 23.8 Å². The lowest BCUT2D eigenvalue weighted by molar-refractivity contribution is -0.142. The molecule has 1 aromatic rings. The van der Waals surface area contributed by atoms with Gasteiger partial charge in [0.2, 0.25) is 11.8 Å². The molecular formula is C21H32N2O4S. The number of carbonyl (C=O) groups is 2. The van der Waals surface area contributed by atoms with Crippen LogP contribution in [0.3, 0.4) is 0 Å². The molecule has 0 aliphatic carbocycles. The molecule has 0 saturated carbocycles. The molecule has 6 nitrogen and oxygen atoms in total. The van der Waals surface area contributed by atoms with Crippen LogP contribution in [-0.4, -0.2) is 49.3 Å². The molecule has 0 bridgehead atoms. The zero-order chi connectivity index (χ0) is 20.7. The number of hydrogen-bond donors (Lipinski definition) is 1. The fraction of sp³-hybridized carbons (Fsp3) is 0.619. The quantitative estimate of drug-likeness (QED) is 0.632. The Labute approximate surface area is 172 Å². The number of nitrogens with zero attached hydrogens (tertiary/aromatic N) is 1. The first-order chi connectivity index (χ1) is 13.4. The lowest BCUT2D eigenvalue weighted by Crippen LogP contribution is -2.49. The van der Waals surface area contributed by atoms with Crippen molar-refractivity contribution in [3.8, 4) is 11.5 Å². The van der Waals surface area contributed by atoms with E-state index in [2.05, 4.69) is 12.2 Å². The summed E-state index contributed by atoms with van der Waals surface area (Å²) in [6, 6.07) is 5.20. The van der Waals surface area contributed by atoms with Gasteiger partial charge in [0.25, 0.3) is 0 Å². The minimum absolute atomic E-state index is 0.0153. The topological polar surface area (TPSA) is 67.9 Å². The van der Waals surface area contributed by atoms with Crippen LogP contribution >= 0.6 is 11.8 Å². The fourth-order valence-corrected chi connectivity index (χ4v) is 4.67. The third kappa shape index (κ3) is 5.13. The zero-order valence-electron chi connectivity index (χ0n) is 17.5. The predicted molar refractivity (Wildman–Crippen MR) is 113 cm³/mol. The maximum atomic E-state index is 13.0. The summed E-state index contributed by atoms with van der Waals surface area (Å²) in [5, 5.41) is 2.78. The van der Waals surface area contributed by atoms with E-state index < -0.39 is 6.04 Å². The number of nitrogens with one attached hydrogen (secondary N) is 1. The van der Waals surface area contributed by atoms with E-state index in [1.54, 1.807) is 30.9 Å². The lowest BCUT2D eigenvalue weighted by atomic mass is 10.1. The number of amides is 2. The van der Waals surface area contributed by atoms with Gasteiger partial charge in [0, 0.05) is 18.2 Å². The van der Waals surface area contributed by atoms with Gasteiger partial charge in [0.1, 0.15) is 11.4 Å². The molecule has 7 heteroatoms. The lowest BCUT2D eigenvalue weighted by Gasteiger charge is -2.30. The second-order valence-electron chi connectivity index (χ2n) is 7.21. The summed E-state index contributed by atoms with van der Waals surface area (Å²) in [5.41, 5.74) is 0.929. The molecule has 1 N–H and O–H groups in total. The van der Waals surface area contributed by atoms with E-state index >= 15 is 0 Å². The third-order valence-electron chi connectivity index (χ3n) is 4.82. The monoisotopic (exact) mass is 408 g/mol. The summed E-state index contributed by atoms with van der Waals surface area (Å²) in [7, 11) is 3.18. The van der Waals surface area contributed by atoms with E-state index in [0.717, 1.165) is 24.8 Å². The van der Waals surface area contributed by atoms with Crippen LogP contribution in [-0.2, 0) is 9.59 Å². The van der Waals surface area contributed by atoms with Gasteiger partial charge in [0.15, 0.2) is 11.5 Å². The average molecular weight is 409 g/mol. The van der Waals surface area contributed by atoms with Gasteiger partial charge in [-0.05, 0) is 24.1 Å². The molecule has 2 unspecified atom stereocenters. The minimum Gasteiger partial charge on any atom is -0.493 e. The maximum absolute atomic E-state index is 13.0. The highest BCUT2D eigenvalue weighted by Crippen LogP contribution is 2.44. The Hall–Kier alpha value is -1.89. The van der Waals surface area contributed by atoms with Gasteiger partial charge in [0.05, 0.1) is 14.2 Å². The van der Waals surface area contributed by atoms with Crippen molar-refractivity contribution in [2.45, 2.75) is 51.4 Å². The molecular weight excluding hydrogens is 376 g/mol. The van der Waals surface area contributed by atoms with Crippen LogP contribution in [0.15, 0.2) is 18.2 Å². The van der Waals surface area contributed by atoms with Gasteiger partial charge in [-0.25, -0.2) is 0 Å². The molecule has 1 heterocycles. The summed E-state index contributed by atoms with van der Waals surface area (Å²) in [6.07, 6.45) is 3.15. The number of rotatable bonds is 9. The second kappa shape index (κ2) is 10.6. The zero-order valence-corrected chi connectivity index (χ0v) is 18.3. The van der Waals surface area contributed by atoms with Crippen molar-refractivity contribution >= 4 is 23.6 Å². The highest BCUT2D eigenvalue weighted by molar-refractivity contribution is 7.99.